The maximum absolute atomic E-state index is 12.5. The Hall–Kier alpha value is -1.37. The Bertz CT molecular complexity index is 627. The van der Waals surface area contributed by atoms with Gasteiger partial charge < -0.3 is 19.5 Å². The molecule has 0 bridgehead atoms. The maximum Gasteiger partial charge on any atom is 0.288 e. The zero-order chi connectivity index (χ0) is 17.8. The Balaban J connectivity index is 1.93. The van der Waals surface area contributed by atoms with E-state index in [0.717, 1.165) is 29.5 Å². The Morgan fingerprint density at radius 2 is 2.08 bits per heavy atom. The summed E-state index contributed by atoms with van der Waals surface area (Å²) in [5.74, 6) is 0.388. The Morgan fingerprint density at radius 1 is 1.36 bits per heavy atom. The molecule has 5 nitrogen and oxygen atoms in total. The van der Waals surface area contributed by atoms with Crippen molar-refractivity contribution < 1.29 is 19.4 Å². The number of hydrogen-bond acceptors (Lipinski definition) is 4. The van der Waals surface area contributed by atoms with Gasteiger partial charge >= 0.3 is 0 Å². The molecule has 6 heteroatoms. The van der Waals surface area contributed by atoms with Crippen LogP contribution in [-0.2, 0) is 14.3 Å². The molecule has 0 aliphatic carbocycles. The molecule has 2 aliphatic rings. The number of benzene rings is 1. The predicted molar refractivity (Wildman–Crippen MR) is 97.9 cm³/mol. The quantitative estimate of drug-likeness (QED) is 0.703. The standard InChI is InChI=1S/C19H24BrNO4/c1-2-24-19-15(4-3-11-22)16(13-5-7-14(20)8-6-13)12-17(25-19)18(23)21-9-10-21/h5-8,12,15-16,19,22H,2-4,9-11H2,1H3/t15-,16-,19-/m0/s1. The van der Waals surface area contributed by atoms with Crippen LogP contribution in [0.3, 0.4) is 0 Å². The lowest BCUT2D eigenvalue weighted by atomic mass is 9.80. The predicted octanol–water partition coefficient (Wildman–Crippen LogP) is 3.04. The van der Waals surface area contributed by atoms with E-state index in [2.05, 4.69) is 28.1 Å². The van der Waals surface area contributed by atoms with Gasteiger partial charge in [0, 0.05) is 42.6 Å². The van der Waals surface area contributed by atoms with Gasteiger partial charge in [0.15, 0.2) is 5.76 Å². The lowest BCUT2D eigenvalue weighted by molar-refractivity contribution is -0.168. The molecule has 0 spiro atoms. The van der Waals surface area contributed by atoms with Crippen LogP contribution in [0, 0.1) is 5.92 Å². The van der Waals surface area contributed by atoms with Crippen LogP contribution < -0.4 is 0 Å². The van der Waals surface area contributed by atoms with Crippen LogP contribution in [0.1, 0.15) is 31.2 Å². The minimum atomic E-state index is -0.478. The van der Waals surface area contributed by atoms with Gasteiger partial charge in [-0.15, -0.1) is 0 Å². The fraction of sp³-hybridized carbons (Fsp3) is 0.526. The van der Waals surface area contributed by atoms with Gasteiger partial charge in [-0.3, -0.25) is 4.79 Å². The van der Waals surface area contributed by atoms with Crippen molar-refractivity contribution in [1.29, 1.82) is 0 Å². The minimum absolute atomic E-state index is 0.0175. The number of ether oxygens (including phenoxy) is 2. The first-order valence-electron chi connectivity index (χ1n) is 8.79. The van der Waals surface area contributed by atoms with Crippen LogP contribution in [0.15, 0.2) is 40.6 Å². The summed E-state index contributed by atoms with van der Waals surface area (Å²) < 4.78 is 12.8. The molecule has 0 aromatic heterocycles. The second-order valence-electron chi connectivity index (χ2n) is 6.37. The highest BCUT2D eigenvalue weighted by Crippen LogP contribution is 2.40. The van der Waals surface area contributed by atoms with E-state index in [-0.39, 0.29) is 24.3 Å². The van der Waals surface area contributed by atoms with Gasteiger partial charge in [-0.25, -0.2) is 0 Å². The number of rotatable bonds is 7. The van der Waals surface area contributed by atoms with E-state index in [0.29, 0.717) is 18.8 Å². The molecule has 1 fully saturated rings. The number of amides is 1. The summed E-state index contributed by atoms with van der Waals surface area (Å²) in [5, 5.41) is 9.26. The molecule has 2 heterocycles. The van der Waals surface area contributed by atoms with E-state index in [4.69, 9.17) is 9.47 Å². The number of halogens is 1. The van der Waals surface area contributed by atoms with E-state index in [1.54, 1.807) is 4.90 Å². The van der Waals surface area contributed by atoms with Crippen LogP contribution in [-0.4, -0.2) is 48.5 Å². The number of hydrogen-bond donors (Lipinski definition) is 1. The largest absolute Gasteiger partial charge is 0.459 e. The van der Waals surface area contributed by atoms with E-state index in [1.165, 1.54) is 0 Å². The lowest BCUT2D eigenvalue weighted by Crippen LogP contribution is -2.37. The van der Waals surface area contributed by atoms with Crippen molar-refractivity contribution >= 4 is 21.8 Å². The highest BCUT2D eigenvalue weighted by Gasteiger charge is 2.40. The summed E-state index contributed by atoms with van der Waals surface area (Å²) in [5.41, 5.74) is 1.12. The van der Waals surface area contributed by atoms with E-state index in [9.17, 15) is 9.90 Å². The summed E-state index contributed by atoms with van der Waals surface area (Å²) in [7, 11) is 0. The van der Waals surface area contributed by atoms with Crippen molar-refractivity contribution in [3.05, 3.63) is 46.1 Å². The number of allylic oxidation sites excluding steroid dienone is 1. The van der Waals surface area contributed by atoms with Gasteiger partial charge in [-0.05, 0) is 43.5 Å². The number of nitrogens with zero attached hydrogens (tertiary/aromatic N) is 1. The number of aliphatic hydroxyl groups is 1. The SMILES string of the molecule is CCO[C@H]1OC(C(=O)N2CC2)=C[C@@H](c2ccc(Br)cc2)[C@@H]1CCCO. The molecule has 1 N–H and O–H groups in total. The first-order valence-corrected chi connectivity index (χ1v) is 9.59. The summed E-state index contributed by atoms with van der Waals surface area (Å²) in [6, 6.07) is 8.13. The van der Waals surface area contributed by atoms with Crippen LogP contribution >= 0.6 is 15.9 Å². The first kappa shape index (κ1) is 18.4. The van der Waals surface area contributed by atoms with Gasteiger partial charge in [0.05, 0.1) is 0 Å². The molecule has 1 aromatic carbocycles. The average Bonchev–Trinajstić information content (AvgIpc) is 3.45. The van der Waals surface area contributed by atoms with Gasteiger partial charge in [-0.2, -0.15) is 0 Å². The van der Waals surface area contributed by atoms with Crippen molar-refractivity contribution in [2.75, 3.05) is 26.3 Å². The molecule has 1 aromatic rings. The van der Waals surface area contributed by atoms with Crippen molar-refractivity contribution in [2.24, 2.45) is 5.92 Å². The van der Waals surface area contributed by atoms with Gasteiger partial charge in [0.25, 0.3) is 5.91 Å². The summed E-state index contributed by atoms with van der Waals surface area (Å²) in [6.07, 6.45) is 2.90. The highest BCUT2D eigenvalue weighted by molar-refractivity contribution is 9.10. The second kappa shape index (κ2) is 8.34. The van der Waals surface area contributed by atoms with Gasteiger partial charge in [0.1, 0.15) is 0 Å². The van der Waals surface area contributed by atoms with Crippen LogP contribution in [0.5, 0.6) is 0 Å². The number of aliphatic hydroxyl groups excluding tert-OH is 1. The molecule has 1 saturated heterocycles. The first-order chi connectivity index (χ1) is 12.1. The lowest BCUT2D eigenvalue weighted by Gasteiger charge is -2.37. The molecule has 25 heavy (non-hydrogen) atoms. The van der Waals surface area contributed by atoms with Crippen molar-refractivity contribution in [3.63, 3.8) is 0 Å². The van der Waals surface area contributed by atoms with E-state index < -0.39 is 6.29 Å². The average molecular weight is 410 g/mol. The molecular formula is C19H24BrNO4. The van der Waals surface area contributed by atoms with Crippen LogP contribution in [0.25, 0.3) is 0 Å². The second-order valence-corrected chi connectivity index (χ2v) is 7.29. The third-order valence-electron chi connectivity index (χ3n) is 4.61. The zero-order valence-corrected chi connectivity index (χ0v) is 15.9. The zero-order valence-electron chi connectivity index (χ0n) is 14.4. The third-order valence-corrected chi connectivity index (χ3v) is 5.14. The molecular weight excluding hydrogens is 386 g/mol. The Kier molecular flexibility index (Phi) is 6.15. The molecule has 0 saturated carbocycles. The molecule has 2 aliphatic heterocycles. The fourth-order valence-corrected chi connectivity index (χ4v) is 3.50. The summed E-state index contributed by atoms with van der Waals surface area (Å²) in [6.45, 7) is 4.14. The van der Waals surface area contributed by atoms with Crippen molar-refractivity contribution in [2.45, 2.75) is 32.0 Å². The van der Waals surface area contributed by atoms with Crippen LogP contribution in [0.2, 0.25) is 0 Å². The van der Waals surface area contributed by atoms with Crippen molar-refractivity contribution in [3.8, 4) is 0 Å². The number of carbonyl (C=O) groups excluding carboxylic acids is 1. The van der Waals surface area contributed by atoms with E-state index in [1.807, 2.05) is 25.1 Å². The molecule has 3 atom stereocenters. The summed E-state index contributed by atoms with van der Waals surface area (Å²) >= 11 is 3.47. The van der Waals surface area contributed by atoms with E-state index >= 15 is 0 Å². The molecule has 3 rings (SSSR count). The van der Waals surface area contributed by atoms with Crippen LogP contribution in [0.4, 0.5) is 0 Å². The highest BCUT2D eigenvalue weighted by atomic mass is 79.9. The maximum atomic E-state index is 12.5. The molecule has 0 radical (unpaired) electrons. The monoisotopic (exact) mass is 409 g/mol. The Labute approximate surface area is 156 Å². The topological polar surface area (TPSA) is 58.8 Å². The molecule has 0 unspecified atom stereocenters. The molecule has 1 amide bonds. The molecule has 136 valence electrons. The fourth-order valence-electron chi connectivity index (χ4n) is 3.23. The Morgan fingerprint density at radius 3 is 2.68 bits per heavy atom. The minimum Gasteiger partial charge on any atom is -0.459 e. The smallest absolute Gasteiger partial charge is 0.288 e. The van der Waals surface area contributed by atoms with Crippen molar-refractivity contribution in [1.82, 2.24) is 4.90 Å². The van der Waals surface area contributed by atoms with Gasteiger partial charge in [0.2, 0.25) is 6.29 Å². The van der Waals surface area contributed by atoms with Gasteiger partial charge in [-0.1, -0.05) is 28.1 Å². The third kappa shape index (κ3) is 4.43. The number of carbonyl (C=O) groups is 1. The summed E-state index contributed by atoms with van der Waals surface area (Å²) in [4.78, 5) is 14.2. The normalized spacial score (nSPS) is 25.3.